The maximum absolute atomic E-state index is 13.2. The lowest BCUT2D eigenvalue weighted by molar-refractivity contribution is -0.134. The van der Waals surface area contributed by atoms with E-state index in [1.165, 1.54) is 0 Å². The predicted octanol–water partition coefficient (Wildman–Crippen LogP) is -2.28. The number of aliphatic hydroxyl groups excluding tert-OH is 1. The van der Waals surface area contributed by atoms with Crippen LogP contribution >= 0.6 is 0 Å². The first-order valence-corrected chi connectivity index (χ1v) is 14.9. The SMILES string of the molecule is CC[C@H](C)[C@H](NC(=O)[C@H](CC(C)C)NC(=O)[C@H](N)CO)C(=O)NCC(=O)N[C@@H](CCCCN)C(=O)N[C@H](C(N)=O)C(C)C. The third-order valence-electron chi connectivity index (χ3n) is 6.96. The fourth-order valence-electron chi connectivity index (χ4n) is 4.12. The molecule has 0 aliphatic heterocycles. The summed E-state index contributed by atoms with van der Waals surface area (Å²) in [7, 11) is 0. The van der Waals surface area contributed by atoms with Crippen molar-refractivity contribution in [3.05, 3.63) is 0 Å². The average molecular weight is 615 g/mol. The van der Waals surface area contributed by atoms with Crippen molar-refractivity contribution in [1.82, 2.24) is 26.6 Å². The van der Waals surface area contributed by atoms with Gasteiger partial charge < -0.3 is 48.9 Å². The van der Waals surface area contributed by atoms with Crippen molar-refractivity contribution in [3.63, 3.8) is 0 Å². The van der Waals surface area contributed by atoms with E-state index >= 15 is 0 Å². The molecule has 0 rings (SSSR count). The van der Waals surface area contributed by atoms with E-state index < -0.39 is 78.8 Å². The second-order valence-electron chi connectivity index (χ2n) is 11.6. The Morgan fingerprint density at radius 1 is 0.767 bits per heavy atom. The van der Waals surface area contributed by atoms with Gasteiger partial charge in [0.05, 0.1) is 13.2 Å². The number of rotatable bonds is 21. The second kappa shape index (κ2) is 20.6. The maximum atomic E-state index is 13.2. The summed E-state index contributed by atoms with van der Waals surface area (Å²) >= 11 is 0. The highest BCUT2D eigenvalue weighted by atomic mass is 16.3. The van der Waals surface area contributed by atoms with E-state index in [9.17, 15) is 28.8 Å². The topological polar surface area (TPSA) is 261 Å². The van der Waals surface area contributed by atoms with Crippen molar-refractivity contribution in [2.24, 2.45) is 35.0 Å². The minimum absolute atomic E-state index is 0.00904. The van der Waals surface area contributed by atoms with Crippen molar-refractivity contribution >= 4 is 35.4 Å². The van der Waals surface area contributed by atoms with Crippen LogP contribution in [0.25, 0.3) is 0 Å². The molecule has 0 bridgehead atoms. The molecule has 15 heteroatoms. The molecular weight excluding hydrogens is 560 g/mol. The Bertz CT molecular complexity index is 931. The summed E-state index contributed by atoms with van der Waals surface area (Å²) in [6.45, 7) is 10.1. The summed E-state index contributed by atoms with van der Waals surface area (Å²) in [4.78, 5) is 76.0. The van der Waals surface area contributed by atoms with Crippen LogP contribution in [0.1, 0.15) is 73.6 Å². The van der Waals surface area contributed by atoms with Gasteiger partial charge in [-0.2, -0.15) is 0 Å². The number of nitrogens with one attached hydrogen (secondary N) is 5. The van der Waals surface area contributed by atoms with Crippen LogP contribution in [0.5, 0.6) is 0 Å². The van der Waals surface area contributed by atoms with Gasteiger partial charge in [-0.1, -0.05) is 48.0 Å². The van der Waals surface area contributed by atoms with E-state index in [2.05, 4.69) is 26.6 Å². The van der Waals surface area contributed by atoms with Crippen molar-refractivity contribution in [1.29, 1.82) is 0 Å². The molecule has 6 atom stereocenters. The molecule has 15 nitrogen and oxygen atoms in total. The Morgan fingerprint density at radius 2 is 1.35 bits per heavy atom. The number of nitrogens with two attached hydrogens (primary N) is 3. The lowest BCUT2D eigenvalue weighted by Crippen LogP contribution is -2.58. The normalized spacial score (nSPS) is 15.4. The zero-order valence-corrected chi connectivity index (χ0v) is 26.4. The standard InChI is InChI=1S/C28H54N8O7/c1-7-17(6)23(36-27(42)20(12-15(2)3)34-25(40)18(30)14-37)28(43)32-13-21(38)33-19(10-8-9-11-29)26(41)35-22(16(4)5)24(31)39/h15-20,22-23,37H,7-14,29-30H2,1-6H3,(H2,31,39)(H,32,43)(H,33,38)(H,34,40)(H,35,41)(H,36,42)/t17-,18+,19-,20-,22-,23-/m0/s1. The third-order valence-corrected chi connectivity index (χ3v) is 6.96. The van der Waals surface area contributed by atoms with Crippen LogP contribution in [0.4, 0.5) is 0 Å². The molecule has 0 aromatic rings. The minimum Gasteiger partial charge on any atom is -0.394 e. The molecule has 6 amide bonds. The summed E-state index contributed by atoms with van der Waals surface area (Å²) in [5.74, 6) is -4.48. The number of hydrogen-bond acceptors (Lipinski definition) is 9. The van der Waals surface area contributed by atoms with E-state index in [-0.39, 0.29) is 30.6 Å². The van der Waals surface area contributed by atoms with Crippen molar-refractivity contribution in [2.75, 3.05) is 19.7 Å². The smallest absolute Gasteiger partial charge is 0.243 e. The van der Waals surface area contributed by atoms with Gasteiger partial charge in [-0.05, 0) is 50.0 Å². The summed E-state index contributed by atoms with van der Waals surface area (Å²) in [6.07, 6.45) is 2.17. The monoisotopic (exact) mass is 614 g/mol. The van der Waals surface area contributed by atoms with Crippen LogP contribution < -0.4 is 43.8 Å². The minimum atomic E-state index is -1.21. The molecule has 0 saturated carbocycles. The maximum Gasteiger partial charge on any atom is 0.243 e. The van der Waals surface area contributed by atoms with Crippen molar-refractivity contribution < 1.29 is 33.9 Å². The number of carbonyl (C=O) groups excluding carboxylic acids is 6. The highest BCUT2D eigenvalue weighted by Crippen LogP contribution is 2.11. The largest absolute Gasteiger partial charge is 0.394 e. The van der Waals surface area contributed by atoms with Gasteiger partial charge in [-0.25, -0.2) is 0 Å². The quantitative estimate of drug-likeness (QED) is 0.0630. The molecule has 0 aromatic heterocycles. The number of unbranched alkanes of at least 4 members (excludes halogenated alkanes) is 1. The molecule has 248 valence electrons. The molecular formula is C28H54N8O7. The van der Waals surface area contributed by atoms with Gasteiger partial charge in [0.2, 0.25) is 35.4 Å². The lowest BCUT2D eigenvalue weighted by atomic mass is 9.96. The van der Waals surface area contributed by atoms with Crippen LogP contribution in [0.3, 0.4) is 0 Å². The fourth-order valence-corrected chi connectivity index (χ4v) is 4.12. The number of primary amides is 1. The number of carbonyl (C=O) groups is 6. The van der Waals surface area contributed by atoms with E-state index in [0.29, 0.717) is 25.8 Å². The van der Waals surface area contributed by atoms with Gasteiger partial charge in [-0.15, -0.1) is 0 Å². The van der Waals surface area contributed by atoms with Crippen molar-refractivity contribution in [2.45, 2.75) is 104 Å². The van der Waals surface area contributed by atoms with Gasteiger partial charge in [-0.3, -0.25) is 28.8 Å². The Balaban J connectivity index is 5.55. The van der Waals surface area contributed by atoms with Crippen LogP contribution in [-0.2, 0) is 28.8 Å². The fraction of sp³-hybridized carbons (Fsp3) is 0.786. The summed E-state index contributed by atoms with van der Waals surface area (Å²) in [5.41, 5.74) is 16.5. The van der Waals surface area contributed by atoms with Gasteiger partial charge in [0, 0.05) is 0 Å². The molecule has 0 spiro atoms. The van der Waals surface area contributed by atoms with Gasteiger partial charge in [0.1, 0.15) is 30.2 Å². The summed E-state index contributed by atoms with van der Waals surface area (Å²) < 4.78 is 0. The molecule has 0 unspecified atom stereocenters. The van der Waals surface area contributed by atoms with E-state index in [0.717, 1.165) is 0 Å². The Hall–Kier alpha value is -3.30. The molecule has 0 heterocycles. The molecule has 0 saturated heterocycles. The Labute approximate surface area is 254 Å². The Kier molecular flexibility index (Phi) is 19.0. The first kappa shape index (κ1) is 39.7. The molecule has 43 heavy (non-hydrogen) atoms. The molecule has 0 fully saturated rings. The summed E-state index contributed by atoms with van der Waals surface area (Å²) in [5, 5.41) is 22.0. The van der Waals surface area contributed by atoms with Crippen LogP contribution in [0.15, 0.2) is 0 Å². The molecule has 0 radical (unpaired) electrons. The van der Waals surface area contributed by atoms with Gasteiger partial charge in [0.25, 0.3) is 0 Å². The molecule has 0 aliphatic carbocycles. The van der Waals surface area contributed by atoms with Crippen LogP contribution in [0, 0.1) is 17.8 Å². The Morgan fingerprint density at radius 3 is 1.84 bits per heavy atom. The molecule has 0 aliphatic rings. The number of aliphatic hydroxyl groups is 1. The summed E-state index contributed by atoms with van der Waals surface area (Å²) in [6, 6.07) is -5.16. The lowest BCUT2D eigenvalue weighted by Gasteiger charge is -2.27. The van der Waals surface area contributed by atoms with Crippen LogP contribution in [0.2, 0.25) is 0 Å². The van der Waals surface area contributed by atoms with E-state index in [1.54, 1.807) is 20.8 Å². The predicted molar refractivity (Wildman–Crippen MR) is 162 cm³/mol. The molecule has 0 aromatic carbocycles. The number of hydrogen-bond donors (Lipinski definition) is 9. The first-order valence-electron chi connectivity index (χ1n) is 14.9. The molecule has 12 N–H and O–H groups in total. The van der Waals surface area contributed by atoms with E-state index in [4.69, 9.17) is 22.3 Å². The van der Waals surface area contributed by atoms with Gasteiger partial charge in [0.15, 0.2) is 0 Å². The first-order chi connectivity index (χ1) is 20.1. The number of amides is 6. The highest BCUT2D eigenvalue weighted by Gasteiger charge is 2.32. The van der Waals surface area contributed by atoms with Crippen LogP contribution in [-0.4, -0.2) is 90.5 Å². The van der Waals surface area contributed by atoms with Crippen molar-refractivity contribution in [3.8, 4) is 0 Å². The average Bonchev–Trinajstić information content (AvgIpc) is 2.94. The zero-order valence-electron chi connectivity index (χ0n) is 26.4. The third kappa shape index (κ3) is 15.1. The second-order valence-corrected chi connectivity index (χ2v) is 11.6. The van der Waals surface area contributed by atoms with E-state index in [1.807, 2.05) is 20.8 Å². The van der Waals surface area contributed by atoms with Gasteiger partial charge >= 0.3 is 0 Å². The zero-order chi connectivity index (χ0) is 33.3. The highest BCUT2D eigenvalue weighted by molar-refractivity contribution is 5.95.